The quantitative estimate of drug-likeness (QED) is 0.829. The van der Waals surface area contributed by atoms with Crippen molar-refractivity contribution in [3.05, 3.63) is 9.47 Å². The highest BCUT2D eigenvalue weighted by atomic mass is 35.5. The maximum atomic E-state index is 5.78. The first-order valence-corrected chi connectivity index (χ1v) is 6.71. The molecule has 0 amide bonds. The van der Waals surface area contributed by atoms with Gasteiger partial charge in [-0.3, -0.25) is 4.90 Å². The van der Waals surface area contributed by atoms with E-state index in [1.54, 1.807) is 0 Å². The van der Waals surface area contributed by atoms with E-state index >= 15 is 0 Å². The maximum Gasteiger partial charge on any atom is 0.207 e. The van der Waals surface area contributed by atoms with Gasteiger partial charge in [-0.15, -0.1) is 10.2 Å². The predicted octanol–water partition coefficient (Wildman–Crippen LogP) is 1.72. The lowest BCUT2D eigenvalue weighted by Crippen LogP contribution is -2.44. The summed E-state index contributed by atoms with van der Waals surface area (Å²) in [5.41, 5.74) is 0. The number of likely N-dealkylation sites (N-methyl/N-ethyl adjacent to an activating group) is 1. The Balaban J connectivity index is 1.90. The first kappa shape index (κ1) is 12.2. The molecular weight excluding hydrogens is 244 g/mol. The largest absolute Gasteiger partial charge is 0.305 e. The van der Waals surface area contributed by atoms with Crippen LogP contribution in [0.4, 0.5) is 0 Å². The number of aromatic nitrogens is 2. The predicted molar refractivity (Wildman–Crippen MR) is 66.9 cm³/mol. The van der Waals surface area contributed by atoms with Crippen LogP contribution in [0.5, 0.6) is 0 Å². The summed E-state index contributed by atoms with van der Waals surface area (Å²) in [7, 11) is 4.30. The fraction of sp³-hybridized carbons (Fsp3) is 0.800. The van der Waals surface area contributed by atoms with E-state index in [0.717, 1.165) is 24.6 Å². The van der Waals surface area contributed by atoms with E-state index in [2.05, 4.69) is 34.1 Å². The lowest BCUT2D eigenvalue weighted by Gasteiger charge is -2.35. The fourth-order valence-electron chi connectivity index (χ4n) is 2.08. The van der Waals surface area contributed by atoms with Crippen LogP contribution in [0.1, 0.15) is 17.8 Å². The van der Waals surface area contributed by atoms with Gasteiger partial charge in [0.15, 0.2) is 0 Å². The Kier molecular flexibility index (Phi) is 4.13. The van der Waals surface area contributed by atoms with Gasteiger partial charge in [0.05, 0.1) is 6.54 Å². The van der Waals surface area contributed by atoms with Gasteiger partial charge in [-0.2, -0.15) is 0 Å². The summed E-state index contributed by atoms with van der Waals surface area (Å²) >= 11 is 7.25. The summed E-state index contributed by atoms with van der Waals surface area (Å²) in [6.07, 6.45) is 2.55. The average Bonchev–Trinajstić information content (AvgIpc) is 2.64. The van der Waals surface area contributed by atoms with E-state index < -0.39 is 0 Å². The molecule has 1 aromatic heterocycles. The number of halogens is 1. The van der Waals surface area contributed by atoms with Crippen LogP contribution in [-0.2, 0) is 6.54 Å². The number of piperidine rings is 1. The van der Waals surface area contributed by atoms with Crippen LogP contribution in [0.15, 0.2) is 0 Å². The Labute approximate surface area is 105 Å². The topological polar surface area (TPSA) is 32.3 Å². The normalized spacial score (nSPS) is 22.9. The minimum Gasteiger partial charge on any atom is -0.305 e. The summed E-state index contributed by atoms with van der Waals surface area (Å²) in [6, 6.07) is 0.664. The van der Waals surface area contributed by atoms with Crippen molar-refractivity contribution >= 4 is 22.9 Å². The highest BCUT2D eigenvalue weighted by molar-refractivity contribution is 7.15. The Morgan fingerprint density at radius 2 is 2.31 bits per heavy atom. The third kappa shape index (κ3) is 3.13. The molecule has 1 aliphatic heterocycles. The van der Waals surface area contributed by atoms with Gasteiger partial charge in [0.25, 0.3) is 0 Å². The molecule has 0 bridgehead atoms. The van der Waals surface area contributed by atoms with Crippen molar-refractivity contribution in [2.75, 3.05) is 27.2 Å². The molecule has 0 saturated carbocycles. The molecule has 1 aliphatic rings. The van der Waals surface area contributed by atoms with Gasteiger partial charge in [-0.1, -0.05) is 11.3 Å². The van der Waals surface area contributed by atoms with E-state index in [4.69, 9.17) is 11.6 Å². The molecule has 90 valence electrons. The summed E-state index contributed by atoms with van der Waals surface area (Å²) in [6.45, 7) is 3.15. The van der Waals surface area contributed by atoms with Gasteiger partial charge in [0, 0.05) is 12.6 Å². The van der Waals surface area contributed by atoms with Crippen LogP contribution in [0, 0.1) is 0 Å². The molecule has 2 rings (SSSR count). The first-order chi connectivity index (χ1) is 7.65. The molecule has 6 heteroatoms. The Morgan fingerprint density at radius 1 is 1.50 bits per heavy atom. The molecule has 1 fully saturated rings. The zero-order valence-corrected chi connectivity index (χ0v) is 11.3. The molecular formula is C10H17ClN4S. The van der Waals surface area contributed by atoms with Crippen molar-refractivity contribution in [2.45, 2.75) is 25.4 Å². The zero-order chi connectivity index (χ0) is 11.5. The second kappa shape index (κ2) is 5.40. The number of nitrogens with zero attached hydrogens (tertiary/aromatic N) is 4. The van der Waals surface area contributed by atoms with Crippen LogP contribution < -0.4 is 0 Å². The second-order valence-electron chi connectivity index (χ2n) is 4.44. The summed E-state index contributed by atoms with van der Waals surface area (Å²) in [5, 5.41) is 8.91. The third-order valence-corrected chi connectivity index (χ3v) is 4.02. The van der Waals surface area contributed by atoms with Crippen LogP contribution >= 0.6 is 22.9 Å². The molecule has 16 heavy (non-hydrogen) atoms. The molecule has 0 radical (unpaired) electrons. The van der Waals surface area contributed by atoms with Gasteiger partial charge in [0.1, 0.15) is 5.01 Å². The van der Waals surface area contributed by atoms with E-state index in [9.17, 15) is 0 Å². The summed E-state index contributed by atoms with van der Waals surface area (Å²) < 4.78 is 0.538. The van der Waals surface area contributed by atoms with Gasteiger partial charge in [-0.25, -0.2) is 0 Å². The van der Waals surface area contributed by atoms with E-state index in [0.29, 0.717) is 10.5 Å². The Morgan fingerprint density at radius 3 is 2.94 bits per heavy atom. The van der Waals surface area contributed by atoms with Crippen molar-refractivity contribution in [3.8, 4) is 0 Å². The highest BCUT2D eigenvalue weighted by Gasteiger charge is 2.22. The van der Waals surface area contributed by atoms with Crippen molar-refractivity contribution in [2.24, 2.45) is 0 Å². The van der Waals surface area contributed by atoms with Crippen molar-refractivity contribution in [1.29, 1.82) is 0 Å². The molecule has 0 aromatic carbocycles. The Bertz CT molecular complexity index is 341. The monoisotopic (exact) mass is 260 g/mol. The van der Waals surface area contributed by atoms with Gasteiger partial charge >= 0.3 is 0 Å². The molecule has 0 aliphatic carbocycles. The SMILES string of the molecule is CN(C)C1CCCN(Cc2nnc(Cl)s2)C1. The lowest BCUT2D eigenvalue weighted by molar-refractivity contribution is 0.127. The molecule has 4 nitrogen and oxygen atoms in total. The minimum absolute atomic E-state index is 0.538. The van der Waals surface area contributed by atoms with Crippen LogP contribution in [0.2, 0.25) is 4.47 Å². The molecule has 1 aromatic rings. The molecule has 1 saturated heterocycles. The van der Waals surface area contributed by atoms with E-state index in [-0.39, 0.29) is 0 Å². The third-order valence-electron chi connectivity index (χ3n) is 3.01. The fourth-order valence-corrected chi connectivity index (χ4v) is 2.99. The zero-order valence-electron chi connectivity index (χ0n) is 9.69. The lowest BCUT2D eigenvalue weighted by atomic mass is 10.1. The molecule has 2 heterocycles. The Hall–Kier alpha value is -0.230. The summed E-state index contributed by atoms with van der Waals surface area (Å²) in [5.74, 6) is 0. The van der Waals surface area contributed by atoms with Crippen LogP contribution in [0.3, 0.4) is 0 Å². The van der Waals surface area contributed by atoms with Gasteiger partial charge in [-0.05, 0) is 45.1 Å². The summed E-state index contributed by atoms with van der Waals surface area (Å²) in [4.78, 5) is 4.74. The minimum atomic E-state index is 0.538. The molecule has 1 unspecified atom stereocenters. The van der Waals surface area contributed by atoms with E-state index in [1.807, 2.05) is 0 Å². The number of rotatable bonds is 3. The van der Waals surface area contributed by atoms with Gasteiger partial charge < -0.3 is 4.90 Å². The first-order valence-electron chi connectivity index (χ1n) is 5.52. The van der Waals surface area contributed by atoms with Crippen molar-refractivity contribution in [1.82, 2.24) is 20.0 Å². The smallest absolute Gasteiger partial charge is 0.207 e. The average molecular weight is 261 g/mol. The number of hydrogen-bond acceptors (Lipinski definition) is 5. The highest BCUT2D eigenvalue weighted by Crippen LogP contribution is 2.20. The molecule has 0 N–H and O–H groups in total. The van der Waals surface area contributed by atoms with Crippen molar-refractivity contribution in [3.63, 3.8) is 0 Å². The maximum absolute atomic E-state index is 5.78. The number of likely N-dealkylation sites (tertiary alicyclic amines) is 1. The second-order valence-corrected chi connectivity index (χ2v) is 6.09. The molecule has 0 spiro atoms. The number of hydrogen-bond donors (Lipinski definition) is 0. The van der Waals surface area contributed by atoms with Crippen LogP contribution in [-0.4, -0.2) is 53.2 Å². The van der Waals surface area contributed by atoms with Crippen LogP contribution in [0.25, 0.3) is 0 Å². The van der Waals surface area contributed by atoms with Crippen molar-refractivity contribution < 1.29 is 0 Å². The van der Waals surface area contributed by atoms with Gasteiger partial charge in [0.2, 0.25) is 4.47 Å². The van der Waals surface area contributed by atoms with E-state index in [1.165, 1.54) is 24.2 Å². The molecule has 1 atom stereocenters. The standard InChI is InChI=1S/C10H17ClN4S/c1-14(2)8-4-3-5-15(6-8)7-9-12-13-10(11)16-9/h8H,3-7H2,1-2H3.